The van der Waals surface area contributed by atoms with E-state index in [1.54, 1.807) is 0 Å². The van der Waals surface area contributed by atoms with E-state index in [4.69, 9.17) is 9.26 Å². The van der Waals surface area contributed by atoms with Gasteiger partial charge in [-0.25, -0.2) is 9.89 Å². The highest BCUT2D eigenvalue weighted by atomic mass is 16.5. The Labute approximate surface area is 154 Å². The Morgan fingerprint density at radius 2 is 2.07 bits per heavy atom. The van der Waals surface area contributed by atoms with Crippen molar-refractivity contribution in [2.24, 2.45) is 0 Å². The molecule has 2 heterocycles. The third-order valence-corrected chi connectivity index (χ3v) is 4.46. The summed E-state index contributed by atoms with van der Waals surface area (Å²) in [5.41, 5.74) is 2.44. The number of rotatable bonds is 6. The van der Waals surface area contributed by atoms with E-state index >= 15 is 0 Å². The molecule has 0 unspecified atom stereocenters. The van der Waals surface area contributed by atoms with Gasteiger partial charge in [0.05, 0.1) is 6.54 Å². The van der Waals surface area contributed by atoms with Crippen LogP contribution in [0.25, 0.3) is 0 Å². The first-order chi connectivity index (χ1) is 13.2. The Balaban J connectivity index is 1.32. The van der Waals surface area contributed by atoms with Crippen LogP contribution in [0.15, 0.2) is 33.6 Å². The van der Waals surface area contributed by atoms with Gasteiger partial charge < -0.3 is 14.6 Å². The third-order valence-electron chi connectivity index (χ3n) is 4.46. The van der Waals surface area contributed by atoms with Crippen LogP contribution in [0.4, 0.5) is 0 Å². The van der Waals surface area contributed by atoms with Crippen molar-refractivity contribution in [3.63, 3.8) is 0 Å². The first-order valence-electron chi connectivity index (χ1n) is 8.79. The van der Waals surface area contributed by atoms with Crippen LogP contribution in [0, 0.1) is 0 Å². The molecule has 0 atom stereocenters. The molecule has 27 heavy (non-hydrogen) atoms. The molecule has 0 saturated carbocycles. The van der Waals surface area contributed by atoms with E-state index in [2.05, 4.69) is 37.8 Å². The summed E-state index contributed by atoms with van der Waals surface area (Å²) in [7, 11) is 0. The van der Waals surface area contributed by atoms with Gasteiger partial charge in [0, 0.05) is 6.07 Å². The second-order valence-electron chi connectivity index (χ2n) is 6.41. The minimum Gasteiger partial charge on any atom is -0.486 e. The van der Waals surface area contributed by atoms with Crippen molar-refractivity contribution in [2.45, 2.75) is 38.8 Å². The third kappa shape index (κ3) is 4.08. The van der Waals surface area contributed by atoms with Crippen LogP contribution in [-0.4, -0.2) is 26.2 Å². The number of H-pyrrole nitrogens is 2. The average Bonchev–Trinajstić information content (AvgIpc) is 3.33. The highest BCUT2D eigenvalue weighted by molar-refractivity contribution is 5.92. The number of fused-ring (bicyclic) bond motifs is 1. The number of hydrogen-bond acceptors (Lipinski definition) is 6. The van der Waals surface area contributed by atoms with Crippen LogP contribution in [0.5, 0.6) is 5.75 Å². The van der Waals surface area contributed by atoms with Gasteiger partial charge in [-0.3, -0.25) is 9.78 Å². The number of ether oxygens (including phenoxy) is 1. The molecule has 3 aromatic rings. The SMILES string of the molecule is O=C(NCc1n[nH]c(=O)[nH]1)c1cc(COc2ccc3c(c2)CCCC3)on1. The summed E-state index contributed by atoms with van der Waals surface area (Å²) in [6, 6.07) is 7.67. The lowest BCUT2D eigenvalue weighted by atomic mass is 9.92. The van der Waals surface area contributed by atoms with Gasteiger partial charge in [0.25, 0.3) is 5.91 Å². The maximum Gasteiger partial charge on any atom is 0.340 e. The van der Waals surface area contributed by atoms with E-state index in [-0.39, 0.29) is 18.8 Å². The molecule has 1 aliphatic carbocycles. The molecule has 9 heteroatoms. The number of aromatic amines is 2. The quantitative estimate of drug-likeness (QED) is 0.604. The molecule has 0 saturated heterocycles. The number of nitrogens with one attached hydrogen (secondary N) is 3. The Morgan fingerprint density at radius 3 is 2.89 bits per heavy atom. The molecular formula is C18H19N5O4. The molecule has 1 aliphatic rings. The van der Waals surface area contributed by atoms with Crippen LogP contribution in [-0.2, 0) is 26.0 Å². The van der Waals surface area contributed by atoms with Crippen molar-refractivity contribution in [3.05, 3.63) is 63.2 Å². The number of aromatic nitrogens is 4. The lowest BCUT2D eigenvalue weighted by molar-refractivity contribution is 0.0940. The molecule has 1 aromatic carbocycles. The minimum absolute atomic E-state index is 0.0748. The van der Waals surface area contributed by atoms with Crippen molar-refractivity contribution in [1.82, 2.24) is 25.7 Å². The van der Waals surface area contributed by atoms with E-state index < -0.39 is 11.6 Å². The number of amides is 1. The van der Waals surface area contributed by atoms with E-state index in [0.29, 0.717) is 11.6 Å². The van der Waals surface area contributed by atoms with Crippen molar-refractivity contribution >= 4 is 5.91 Å². The number of carbonyl (C=O) groups excluding carboxylic acids is 1. The molecule has 0 bridgehead atoms. The maximum absolute atomic E-state index is 12.1. The zero-order chi connectivity index (χ0) is 18.6. The molecule has 140 valence electrons. The largest absolute Gasteiger partial charge is 0.486 e. The molecule has 0 aliphatic heterocycles. The predicted molar refractivity (Wildman–Crippen MR) is 94.3 cm³/mol. The van der Waals surface area contributed by atoms with Gasteiger partial charge in [-0.15, -0.1) is 0 Å². The number of benzene rings is 1. The average molecular weight is 369 g/mol. The fraction of sp³-hybridized carbons (Fsp3) is 0.333. The van der Waals surface area contributed by atoms with Crippen LogP contribution < -0.4 is 15.7 Å². The highest BCUT2D eigenvalue weighted by Crippen LogP contribution is 2.25. The van der Waals surface area contributed by atoms with Crippen molar-refractivity contribution in [1.29, 1.82) is 0 Å². The standard InChI is InChI=1S/C18H19N5O4/c24-17(19-9-16-20-18(25)22-21-16)15-8-14(27-23-15)10-26-13-6-5-11-3-1-2-4-12(11)7-13/h5-8H,1-4,9-10H2,(H,19,24)(H2,20,21,22,25). The number of hydrogen-bond donors (Lipinski definition) is 3. The van der Waals surface area contributed by atoms with Gasteiger partial charge in [-0.1, -0.05) is 11.2 Å². The summed E-state index contributed by atoms with van der Waals surface area (Å²) in [6.07, 6.45) is 4.66. The first-order valence-corrected chi connectivity index (χ1v) is 8.79. The number of nitrogens with zero attached hydrogens (tertiary/aromatic N) is 2. The van der Waals surface area contributed by atoms with Gasteiger partial charge >= 0.3 is 5.69 Å². The Morgan fingerprint density at radius 1 is 1.22 bits per heavy atom. The molecule has 3 N–H and O–H groups in total. The summed E-state index contributed by atoms with van der Waals surface area (Å²) in [4.78, 5) is 25.5. The summed E-state index contributed by atoms with van der Waals surface area (Å²) in [6.45, 7) is 0.261. The second kappa shape index (κ2) is 7.48. The molecule has 9 nitrogen and oxygen atoms in total. The maximum atomic E-state index is 12.1. The van der Waals surface area contributed by atoms with E-state index in [9.17, 15) is 9.59 Å². The molecule has 0 radical (unpaired) electrons. The summed E-state index contributed by atoms with van der Waals surface area (Å²) < 4.78 is 10.9. The van der Waals surface area contributed by atoms with Crippen LogP contribution in [0.3, 0.4) is 0 Å². The monoisotopic (exact) mass is 369 g/mol. The highest BCUT2D eigenvalue weighted by Gasteiger charge is 2.14. The second-order valence-corrected chi connectivity index (χ2v) is 6.41. The summed E-state index contributed by atoms with van der Waals surface area (Å²) in [5, 5.41) is 12.3. The lowest BCUT2D eigenvalue weighted by Gasteiger charge is -2.16. The van der Waals surface area contributed by atoms with Gasteiger partial charge in [-0.05, 0) is 48.9 Å². The Kier molecular flexibility index (Phi) is 4.73. The van der Waals surface area contributed by atoms with Crippen molar-refractivity contribution < 1.29 is 14.1 Å². The first kappa shape index (κ1) is 17.1. The number of carbonyl (C=O) groups is 1. The fourth-order valence-corrected chi connectivity index (χ4v) is 3.09. The van der Waals surface area contributed by atoms with Crippen molar-refractivity contribution in [2.75, 3.05) is 0 Å². The number of aryl methyl sites for hydroxylation is 2. The molecule has 0 fully saturated rings. The zero-order valence-corrected chi connectivity index (χ0v) is 14.6. The van der Waals surface area contributed by atoms with Gasteiger partial charge in [-0.2, -0.15) is 5.10 Å². The van der Waals surface area contributed by atoms with Crippen LogP contribution >= 0.6 is 0 Å². The summed E-state index contributed by atoms with van der Waals surface area (Å²) in [5.74, 6) is 1.13. The minimum atomic E-state index is -0.428. The topological polar surface area (TPSA) is 126 Å². The zero-order valence-electron chi connectivity index (χ0n) is 14.6. The molecule has 1 amide bonds. The van der Waals surface area contributed by atoms with E-state index in [1.807, 2.05) is 6.07 Å². The lowest BCUT2D eigenvalue weighted by Crippen LogP contribution is -2.23. The smallest absolute Gasteiger partial charge is 0.340 e. The predicted octanol–water partition coefficient (Wildman–Crippen LogP) is 1.47. The van der Waals surface area contributed by atoms with Crippen LogP contribution in [0.1, 0.15) is 46.0 Å². The molecule has 2 aromatic heterocycles. The van der Waals surface area contributed by atoms with Gasteiger partial charge in [0.15, 0.2) is 11.5 Å². The fourth-order valence-electron chi connectivity index (χ4n) is 3.09. The normalized spacial score (nSPS) is 13.2. The van der Waals surface area contributed by atoms with Gasteiger partial charge in [0.1, 0.15) is 18.2 Å². The van der Waals surface area contributed by atoms with Crippen LogP contribution in [0.2, 0.25) is 0 Å². The molecular weight excluding hydrogens is 350 g/mol. The van der Waals surface area contributed by atoms with E-state index in [0.717, 1.165) is 18.6 Å². The summed E-state index contributed by atoms with van der Waals surface area (Å²) >= 11 is 0. The molecule has 4 rings (SSSR count). The van der Waals surface area contributed by atoms with E-state index in [1.165, 1.54) is 30.0 Å². The van der Waals surface area contributed by atoms with Gasteiger partial charge in [0.2, 0.25) is 0 Å². The van der Waals surface area contributed by atoms with Crippen molar-refractivity contribution in [3.8, 4) is 5.75 Å². The Hall–Kier alpha value is -3.36. The molecule has 0 spiro atoms. The Bertz CT molecular complexity index is 1000.